The first-order valence-electron chi connectivity index (χ1n) is 9.41. The monoisotopic (exact) mass is 309 g/mol. The van der Waals surface area contributed by atoms with Crippen LogP contribution in [0.1, 0.15) is 78.6 Å². The van der Waals surface area contributed by atoms with E-state index in [0.717, 1.165) is 38.9 Å². The molecule has 0 radical (unpaired) electrons. The molecule has 1 rings (SSSR count). The fourth-order valence-electron chi connectivity index (χ4n) is 3.42. The van der Waals surface area contributed by atoms with Crippen molar-refractivity contribution in [3.8, 4) is 0 Å². The molecule has 22 heavy (non-hydrogen) atoms. The maximum absolute atomic E-state index is 10.1. The summed E-state index contributed by atoms with van der Waals surface area (Å²) in [5, 5.41) is 10.1. The Morgan fingerprint density at radius 1 is 1.09 bits per heavy atom. The van der Waals surface area contributed by atoms with E-state index in [1.165, 1.54) is 44.4 Å². The van der Waals surface area contributed by atoms with E-state index in [2.05, 4.69) is 31.0 Å². The molecule has 0 amide bonds. The number of aliphatic hydroxyl groups is 1. The highest BCUT2D eigenvalue weighted by Gasteiger charge is 2.40. The summed E-state index contributed by atoms with van der Waals surface area (Å²) in [6.07, 6.45) is 15.7. The van der Waals surface area contributed by atoms with E-state index in [9.17, 15) is 5.11 Å². The third-order valence-electron chi connectivity index (χ3n) is 5.00. The van der Waals surface area contributed by atoms with Gasteiger partial charge in [-0.2, -0.15) is 0 Å². The predicted molar refractivity (Wildman–Crippen MR) is 96.0 cm³/mol. The van der Waals surface area contributed by atoms with Gasteiger partial charge >= 0.3 is 0 Å². The van der Waals surface area contributed by atoms with Crippen LogP contribution in [0.5, 0.6) is 0 Å². The normalized spacial score (nSPS) is 23.2. The number of likely N-dealkylation sites (N-methyl/N-ethyl adjacent to an activating group) is 1. The fraction of sp³-hybridized carbons (Fsp3) is 0.842. The fourth-order valence-corrected chi connectivity index (χ4v) is 3.42. The zero-order valence-corrected chi connectivity index (χ0v) is 15.1. The van der Waals surface area contributed by atoms with Crippen LogP contribution in [-0.4, -0.2) is 41.3 Å². The molecule has 0 saturated heterocycles. The molecule has 2 atom stereocenters. The number of hydrogen-bond acceptors (Lipinski definition) is 2. The first-order chi connectivity index (χ1) is 10.7. The average Bonchev–Trinajstić information content (AvgIpc) is 2.93. The highest BCUT2D eigenvalue weighted by molar-refractivity contribution is 5.76. The van der Waals surface area contributed by atoms with Crippen molar-refractivity contribution in [2.45, 2.75) is 84.8 Å². The lowest BCUT2D eigenvalue weighted by Crippen LogP contribution is -2.56. The lowest BCUT2D eigenvalue weighted by molar-refractivity contribution is -0.882. The molecular formula is C19H37N2O+. The minimum atomic E-state index is -0.329. The van der Waals surface area contributed by atoms with Gasteiger partial charge in [0.2, 0.25) is 5.84 Å². The van der Waals surface area contributed by atoms with Gasteiger partial charge in [0.15, 0.2) is 6.23 Å². The number of rotatable bonds is 12. The van der Waals surface area contributed by atoms with Gasteiger partial charge in [0.05, 0.1) is 13.1 Å². The zero-order chi connectivity index (χ0) is 16.3. The highest BCUT2D eigenvalue weighted by Crippen LogP contribution is 2.22. The van der Waals surface area contributed by atoms with Gasteiger partial charge in [-0.1, -0.05) is 44.8 Å². The molecular weight excluding hydrogens is 272 g/mol. The summed E-state index contributed by atoms with van der Waals surface area (Å²) >= 11 is 0. The Hall–Kier alpha value is -0.670. The Labute approximate surface area is 137 Å². The highest BCUT2D eigenvalue weighted by atomic mass is 16.3. The van der Waals surface area contributed by atoms with Gasteiger partial charge in [-0.15, -0.1) is 0 Å². The number of nitrogens with zero attached hydrogens (tertiary/aromatic N) is 2. The summed E-state index contributed by atoms with van der Waals surface area (Å²) in [7, 11) is 0. The lowest BCUT2D eigenvalue weighted by atomic mass is 10.1. The van der Waals surface area contributed by atoms with Gasteiger partial charge in [0.1, 0.15) is 6.54 Å². The Kier molecular flexibility index (Phi) is 9.65. The summed E-state index contributed by atoms with van der Waals surface area (Å²) in [4.78, 5) is 4.66. The molecule has 0 saturated carbocycles. The molecule has 1 N–H and O–H groups in total. The van der Waals surface area contributed by atoms with Gasteiger partial charge in [-0.05, 0) is 32.6 Å². The molecule has 1 aliphatic heterocycles. The molecule has 128 valence electrons. The largest absolute Gasteiger partial charge is 0.345 e. The van der Waals surface area contributed by atoms with Crippen LogP contribution in [0.25, 0.3) is 0 Å². The van der Waals surface area contributed by atoms with E-state index >= 15 is 0 Å². The van der Waals surface area contributed by atoms with Gasteiger partial charge in [-0.25, -0.2) is 4.99 Å². The zero-order valence-electron chi connectivity index (χ0n) is 15.1. The molecule has 0 aromatic carbocycles. The third kappa shape index (κ3) is 5.85. The van der Waals surface area contributed by atoms with E-state index in [1.54, 1.807) is 0 Å². The topological polar surface area (TPSA) is 32.6 Å². The molecule has 0 aromatic heterocycles. The van der Waals surface area contributed by atoms with Crippen molar-refractivity contribution in [1.82, 2.24) is 0 Å². The second kappa shape index (κ2) is 11.0. The lowest BCUT2D eigenvalue weighted by Gasteiger charge is -2.36. The Morgan fingerprint density at radius 3 is 2.41 bits per heavy atom. The van der Waals surface area contributed by atoms with Crippen molar-refractivity contribution in [2.75, 3.05) is 19.6 Å². The molecule has 0 aromatic rings. The Balaban J connectivity index is 2.16. The van der Waals surface area contributed by atoms with Crippen molar-refractivity contribution in [3.05, 3.63) is 12.2 Å². The van der Waals surface area contributed by atoms with Crippen LogP contribution >= 0.6 is 0 Å². The van der Waals surface area contributed by atoms with Crippen molar-refractivity contribution in [1.29, 1.82) is 0 Å². The van der Waals surface area contributed by atoms with E-state index in [4.69, 9.17) is 0 Å². The van der Waals surface area contributed by atoms with Gasteiger partial charge in [0, 0.05) is 13.3 Å². The summed E-state index contributed by atoms with van der Waals surface area (Å²) in [5.41, 5.74) is 0. The number of amidine groups is 1. The number of unbranched alkanes of at least 4 members (excludes halogenated alkanes) is 6. The third-order valence-corrected chi connectivity index (χ3v) is 5.00. The number of aliphatic hydroxyl groups excluding tert-OH is 1. The molecule has 1 aliphatic rings. The van der Waals surface area contributed by atoms with Crippen molar-refractivity contribution >= 4 is 5.84 Å². The molecule has 0 aliphatic carbocycles. The summed E-state index contributed by atoms with van der Waals surface area (Å²) in [6, 6.07) is 0. The Bertz CT molecular complexity index is 349. The minimum Gasteiger partial charge on any atom is -0.345 e. The number of quaternary nitrogens is 1. The van der Waals surface area contributed by atoms with Crippen LogP contribution in [0.3, 0.4) is 0 Å². The van der Waals surface area contributed by atoms with Crippen LogP contribution < -0.4 is 0 Å². The van der Waals surface area contributed by atoms with Gasteiger partial charge in [-0.3, -0.25) is 4.48 Å². The second-order valence-corrected chi connectivity index (χ2v) is 6.57. The maximum Gasteiger partial charge on any atom is 0.200 e. The number of hydrogen-bond donors (Lipinski definition) is 1. The number of allylic oxidation sites excluding steroid dienone is 2. The second-order valence-electron chi connectivity index (χ2n) is 6.57. The van der Waals surface area contributed by atoms with E-state index in [0.29, 0.717) is 4.48 Å². The quantitative estimate of drug-likeness (QED) is 0.317. The van der Waals surface area contributed by atoms with E-state index in [1.807, 2.05) is 6.92 Å². The van der Waals surface area contributed by atoms with Crippen LogP contribution in [0.2, 0.25) is 0 Å². The predicted octanol–water partition coefficient (Wildman–Crippen LogP) is 4.66. The first-order valence-corrected chi connectivity index (χ1v) is 9.41. The molecule has 1 heterocycles. The summed E-state index contributed by atoms with van der Waals surface area (Å²) in [5.74, 6) is 1.21. The summed E-state index contributed by atoms with van der Waals surface area (Å²) in [6.45, 7) is 9.12. The Morgan fingerprint density at radius 2 is 1.77 bits per heavy atom. The standard InChI is InChI=1S/C19H37N2O/c1-4-6-7-8-9-10-11-12-13-14-15-19-20-16-17-21(19,5-2)18(3)22/h11-12,18,22H,4-10,13-17H2,1-3H3/q+1/b12-11+. The van der Waals surface area contributed by atoms with Crippen molar-refractivity contribution in [2.24, 2.45) is 4.99 Å². The van der Waals surface area contributed by atoms with E-state index < -0.39 is 0 Å². The van der Waals surface area contributed by atoms with Crippen molar-refractivity contribution in [3.63, 3.8) is 0 Å². The van der Waals surface area contributed by atoms with Gasteiger partial charge < -0.3 is 5.11 Å². The first kappa shape index (κ1) is 19.4. The molecule has 3 heteroatoms. The maximum atomic E-state index is 10.1. The minimum absolute atomic E-state index is 0.329. The summed E-state index contributed by atoms with van der Waals surface area (Å²) < 4.78 is 0.696. The van der Waals surface area contributed by atoms with Crippen LogP contribution in [0, 0.1) is 0 Å². The number of aliphatic imine (C=N–C) groups is 1. The SMILES string of the molecule is CCCCCCC/C=C/CCCC1=NCC[N+]1(CC)C(C)O. The van der Waals surface area contributed by atoms with Crippen LogP contribution in [-0.2, 0) is 0 Å². The molecule has 0 bridgehead atoms. The van der Waals surface area contributed by atoms with Gasteiger partial charge in [0.25, 0.3) is 0 Å². The van der Waals surface area contributed by atoms with Crippen LogP contribution in [0.4, 0.5) is 0 Å². The van der Waals surface area contributed by atoms with Crippen molar-refractivity contribution < 1.29 is 9.59 Å². The smallest absolute Gasteiger partial charge is 0.200 e. The molecule has 3 nitrogen and oxygen atoms in total. The average molecular weight is 310 g/mol. The molecule has 0 fully saturated rings. The van der Waals surface area contributed by atoms with Crippen LogP contribution in [0.15, 0.2) is 17.1 Å². The van der Waals surface area contributed by atoms with E-state index in [-0.39, 0.29) is 6.23 Å². The molecule has 0 spiro atoms. The molecule has 2 unspecified atom stereocenters.